The molecule has 0 unspecified atom stereocenters. The second-order valence-electron chi connectivity index (χ2n) is 5.65. The molecule has 0 aromatic heterocycles. The molecule has 2 heteroatoms. The van der Waals surface area contributed by atoms with E-state index in [1.807, 2.05) is 0 Å². The molecule has 0 aromatic rings. The molecule has 1 rings (SSSR count). The van der Waals surface area contributed by atoms with E-state index in [1.54, 1.807) is 5.92 Å². The van der Waals surface area contributed by atoms with Crippen LogP contribution in [0.25, 0.3) is 0 Å². The highest BCUT2D eigenvalue weighted by Gasteiger charge is 2.37. The Morgan fingerprint density at radius 2 is 1.77 bits per heavy atom. The van der Waals surface area contributed by atoms with Gasteiger partial charge in [-0.1, -0.05) is 27.2 Å². The van der Waals surface area contributed by atoms with Crippen LogP contribution in [-0.4, -0.2) is 14.9 Å². The second kappa shape index (κ2) is 3.74. The van der Waals surface area contributed by atoms with Gasteiger partial charge in [-0.3, -0.25) is 0 Å². The van der Waals surface area contributed by atoms with E-state index in [0.29, 0.717) is 5.04 Å². The Hall–Kier alpha value is 0.177. The Morgan fingerprint density at radius 3 is 2.08 bits per heavy atom. The van der Waals surface area contributed by atoms with Crippen LogP contribution in [0.4, 0.5) is 0 Å². The zero-order valence-electron chi connectivity index (χ0n) is 9.74. The van der Waals surface area contributed by atoms with Gasteiger partial charge in [-0.05, 0) is 31.0 Å². The molecule has 1 fully saturated rings. The summed E-state index contributed by atoms with van der Waals surface area (Å²) < 4.78 is 6.10. The predicted octanol–water partition coefficient (Wildman–Crippen LogP) is 3.77. The molecule has 0 spiro atoms. The Bertz CT molecular complexity index is 165. The third kappa shape index (κ3) is 2.81. The van der Waals surface area contributed by atoms with Crippen LogP contribution in [0.3, 0.4) is 0 Å². The molecular weight excluding hydrogens is 176 g/mol. The molecule has 0 aliphatic heterocycles. The highest BCUT2D eigenvalue weighted by atomic mass is 28.4. The fourth-order valence-electron chi connectivity index (χ4n) is 1.07. The van der Waals surface area contributed by atoms with Gasteiger partial charge in [0.05, 0.1) is 0 Å². The third-order valence-corrected chi connectivity index (χ3v) is 7.98. The van der Waals surface area contributed by atoms with E-state index in [9.17, 15) is 0 Å². The first-order valence-corrected chi connectivity index (χ1v) is 8.21. The van der Waals surface area contributed by atoms with E-state index >= 15 is 0 Å². The maximum atomic E-state index is 6.10. The Kier molecular flexibility index (Phi) is 3.23. The van der Waals surface area contributed by atoms with E-state index in [0.717, 1.165) is 6.61 Å². The second-order valence-corrected chi connectivity index (χ2v) is 10.5. The SMILES string of the molecule is CC(C)(C)[Si](C)(C)OC[C]1CCC1. The van der Waals surface area contributed by atoms with Crippen molar-refractivity contribution in [3.05, 3.63) is 5.92 Å². The van der Waals surface area contributed by atoms with Crippen molar-refractivity contribution in [1.82, 2.24) is 0 Å². The first-order chi connectivity index (χ1) is 5.83. The number of hydrogen-bond donors (Lipinski definition) is 0. The first-order valence-electron chi connectivity index (χ1n) is 5.30. The van der Waals surface area contributed by atoms with Crippen molar-refractivity contribution < 1.29 is 4.43 Å². The molecule has 1 nitrogen and oxygen atoms in total. The molecule has 1 radical (unpaired) electrons. The predicted molar refractivity (Wildman–Crippen MR) is 60.2 cm³/mol. The maximum absolute atomic E-state index is 6.10. The molecule has 0 amide bonds. The van der Waals surface area contributed by atoms with Gasteiger partial charge < -0.3 is 4.43 Å². The van der Waals surface area contributed by atoms with Crippen LogP contribution in [0, 0.1) is 5.92 Å². The van der Waals surface area contributed by atoms with Crippen LogP contribution in [0.1, 0.15) is 40.0 Å². The molecule has 1 aliphatic rings. The Balaban J connectivity index is 2.32. The molecule has 0 aromatic carbocycles. The van der Waals surface area contributed by atoms with E-state index in [4.69, 9.17) is 4.43 Å². The van der Waals surface area contributed by atoms with Gasteiger partial charge in [-0.15, -0.1) is 0 Å². The quantitative estimate of drug-likeness (QED) is 0.629. The standard InChI is InChI=1S/C11H23OSi/c1-11(2,3)13(4,5)12-9-10-7-6-8-10/h6-9H2,1-5H3. The first kappa shape index (κ1) is 11.3. The van der Waals surface area contributed by atoms with Gasteiger partial charge in [-0.25, -0.2) is 0 Å². The van der Waals surface area contributed by atoms with Crippen molar-refractivity contribution in [3.8, 4) is 0 Å². The van der Waals surface area contributed by atoms with E-state index < -0.39 is 8.32 Å². The fraction of sp³-hybridized carbons (Fsp3) is 0.909. The molecule has 0 N–H and O–H groups in total. The molecular formula is C11H23OSi. The van der Waals surface area contributed by atoms with Crippen molar-refractivity contribution in [2.75, 3.05) is 6.61 Å². The van der Waals surface area contributed by atoms with Gasteiger partial charge in [0.15, 0.2) is 8.32 Å². The summed E-state index contributed by atoms with van der Waals surface area (Å²) in [6.45, 7) is 12.5. The maximum Gasteiger partial charge on any atom is 0.192 e. The van der Waals surface area contributed by atoms with Crippen LogP contribution in [0.15, 0.2) is 0 Å². The van der Waals surface area contributed by atoms with Gasteiger partial charge >= 0.3 is 0 Å². The summed E-state index contributed by atoms with van der Waals surface area (Å²) in [5.41, 5.74) is 0. The Morgan fingerprint density at radius 1 is 1.23 bits per heavy atom. The average Bonchev–Trinajstić information content (AvgIpc) is 1.80. The van der Waals surface area contributed by atoms with Crippen molar-refractivity contribution in [2.45, 2.75) is 58.2 Å². The summed E-state index contributed by atoms with van der Waals surface area (Å²) >= 11 is 0. The molecule has 0 saturated heterocycles. The van der Waals surface area contributed by atoms with Gasteiger partial charge in [0.2, 0.25) is 0 Å². The van der Waals surface area contributed by atoms with Crippen LogP contribution in [0.5, 0.6) is 0 Å². The third-order valence-electron chi connectivity index (χ3n) is 3.50. The lowest BCUT2D eigenvalue weighted by molar-refractivity contribution is 0.267. The van der Waals surface area contributed by atoms with Crippen molar-refractivity contribution in [3.63, 3.8) is 0 Å². The van der Waals surface area contributed by atoms with Crippen molar-refractivity contribution in [2.24, 2.45) is 0 Å². The van der Waals surface area contributed by atoms with Crippen LogP contribution in [0.2, 0.25) is 18.1 Å². The Labute approximate surface area is 84.0 Å². The van der Waals surface area contributed by atoms with Gasteiger partial charge in [0, 0.05) is 12.5 Å². The highest BCUT2D eigenvalue weighted by molar-refractivity contribution is 6.74. The molecule has 13 heavy (non-hydrogen) atoms. The smallest absolute Gasteiger partial charge is 0.192 e. The summed E-state index contributed by atoms with van der Waals surface area (Å²) in [6.07, 6.45) is 4.01. The van der Waals surface area contributed by atoms with Gasteiger partial charge in [-0.2, -0.15) is 0 Å². The molecule has 0 bridgehead atoms. The van der Waals surface area contributed by atoms with E-state index in [-0.39, 0.29) is 0 Å². The molecule has 0 heterocycles. The van der Waals surface area contributed by atoms with Crippen LogP contribution in [-0.2, 0) is 4.43 Å². The minimum atomic E-state index is -1.47. The summed E-state index contributed by atoms with van der Waals surface area (Å²) in [5, 5.41) is 0.358. The monoisotopic (exact) mass is 199 g/mol. The zero-order valence-corrected chi connectivity index (χ0v) is 10.7. The molecule has 1 aliphatic carbocycles. The number of rotatable bonds is 3. The summed E-state index contributed by atoms with van der Waals surface area (Å²) in [7, 11) is -1.47. The topological polar surface area (TPSA) is 9.23 Å². The lowest BCUT2D eigenvalue weighted by Gasteiger charge is -2.38. The lowest BCUT2D eigenvalue weighted by atomic mass is 9.86. The summed E-state index contributed by atoms with van der Waals surface area (Å²) in [6, 6.07) is 0. The fourth-order valence-corrected chi connectivity index (χ4v) is 2.07. The molecule has 77 valence electrons. The van der Waals surface area contributed by atoms with Crippen LogP contribution >= 0.6 is 0 Å². The largest absolute Gasteiger partial charge is 0.416 e. The molecule has 0 atom stereocenters. The minimum Gasteiger partial charge on any atom is -0.416 e. The van der Waals surface area contributed by atoms with Gasteiger partial charge in [0.25, 0.3) is 0 Å². The average molecular weight is 199 g/mol. The van der Waals surface area contributed by atoms with E-state index in [1.165, 1.54) is 19.3 Å². The normalized spacial score (nSPS) is 20.1. The minimum absolute atomic E-state index is 0.358. The van der Waals surface area contributed by atoms with Crippen LogP contribution < -0.4 is 0 Å². The lowest BCUT2D eigenvalue weighted by Crippen LogP contribution is -2.42. The molecule has 1 saturated carbocycles. The van der Waals surface area contributed by atoms with Crippen molar-refractivity contribution >= 4 is 8.32 Å². The number of hydrogen-bond acceptors (Lipinski definition) is 1. The summed E-state index contributed by atoms with van der Waals surface area (Å²) in [5.74, 6) is 1.63. The van der Waals surface area contributed by atoms with E-state index in [2.05, 4.69) is 33.9 Å². The zero-order chi connectivity index (χ0) is 10.1. The highest BCUT2D eigenvalue weighted by Crippen LogP contribution is 2.38. The van der Waals surface area contributed by atoms with Crippen molar-refractivity contribution in [1.29, 1.82) is 0 Å². The summed E-state index contributed by atoms with van der Waals surface area (Å²) in [4.78, 5) is 0. The van der Waals surface area contributed by atoms with Gasteiger partial charge in [0.1, 0.15) is 0 Å².